The molecule has 0 spiro atoms. The molecule has 1 aliphatic heterocycles. The van der Waals surface area contributed by atoms with Crippen LogP contribution in [0, 0.1) is 0 Å². The Morgan fingerprint density at radius 1 is 0.969 bits per heavy atom. The zero-order valence-electron chi connectivity index (χ0n) is 17.6. The molecule has 1 amide bonds. The van der Waals surface area contributed by atoms with Gasteiger partial charge >= 0.3 is 0 Å². The van der Waals surface area contributed by atoms with Crippen LogP contribution in [0.5, 0.6) is 0 Å². The molecule has 0 saturated carbocycles. The van der Waals surface area contributed by atoms with Crippen LogP contribution in [-0.2, 0) is 10.0 Å². The van der Waals surface area contributed by atoms with E-state index in [0.29, 0.717) is 37.1 Å². The van der Waals surface area contributed by atoms with Crippen LogP contribution in [0.4, 0.5) is 5.69 Å². The van der Waals surface area contributed by atoms with E-state index in [1.54, 1.807) is 24.3 Å². The van der Waals surface area contributed by atoms with Crippen LogP contribution in [0.3, 0.4) is 0 Å². The van der Waals surface area contributed by atoms with E-state index in [4.69, 9.17) is 4.42 Å². The van der Waals surface area contributed by atoms with Gasteiger partial charge in [-0.3, -0.25) is 9.59 Å². The maximum Gasteiger partial charge on any atom is 0.287 e. The number of nitrogens with zero attached hydrogens (tertiary/aromatic N) is 2. The van der Waals surface area contributed by atoms with Crippen molar-refractivity contribution in [2.45, 2.75) is 6.42 Å². The van der Waals surface area contributed by atoms with E-state index < -0.39 is 15.9 Å². The topological polar surface area (TPSA) is 99.9 Å². The van der Waals surface area contributed by atoms with Crippen LogP contribution in [0.1, 0.15) is 17.0 Å². The molecular formula is C23H25N3O5S. The van der Waals surface area contributed by atoms with E-state index in [1.165, 1.54) is 4.31 Å². The average molecular weight is 456 g/mol. The van der Waals surface area contributed by atoms with Gasteiger partial charge in [0.05, 0.1) is 11.1 Å². The number of sulfonamides is 1. The standard InChI is InChI=1S/C23H25N3O5S/c27-20-17-22(31-21-10-5-4-9-19(20)21)23(28)24-11-6-16-32(29,30)26-14-12-25(13-15-26)18-7-2-1-3-8-18/h1-5,7-10,17H,6,11-16H2,(H,24,28). The largest absolute Gasteiger partial charge is 0.451 e. The van der Waals surface area contributed by atoms with Crippen LogP contribution in [0.25, 0.3) is 11.0 Å². The molecule has 1 aliphatic rings. The summed E-state index contributed by atoms with van der Waals surface area (Å²) in [6.07, 6.45) is 0.269. The average Bonchev–Trinajstić information content (AvgIpc) is 2.82. The first kappa shape index (κ1) is 22.0. The second-order valence-corrected chi connectivity index (χ2v) is 9.71. The second-order valence-electron chi connectivity index (χ2n) is 7.62. The molecule has 1 fully saturated rings. The summed E-state index contributed by atoms with van der Waals surface area (Å²) < 4.78 is 32.4. The molecule has 2 heterocycles. The first-order chi connectivity index (χ1) is 15.4. The van der Waals surface area contributed by atoms with Crippen molar-refractivity contribution in [3.63, 3.8) is 0 Å². The van der Waals surface area contributed by atoms with Crippen molar-refractivity contribution < 1.29 is 17.6 Å². The number of amides is 1. The molecule has 32 heavy (non-hydrogen) atoms. The molecule has 8 nitrogen and oxygen atoms in total. The van der Waals surface area contributed by atoms with Crippen LogP contribution in [-0.4, -0.2) is 57.1 Å². The molecule has 2 aromatic carbocycles. The van der Waals surface area contributed by atoms with E-state index in [9.17, 15) is 18.0 Å². The molecule has 0 aliphatic carbocycles. The molecule has 1 aromatic heterocycles. The Morgan fingerprint density at radius 3 is 2.41 bits per heavy atom. The molecule has 1 N–H and O–H groups in total. The Hall–Kier alpha value is -3.17. The second kappa shape index (κ2) is 9.54. The van der Waals surface area contributed by atoms with Gasteiger partial charge in [0.15, 0.2) is 11.2 Å². The third kappa shape index (κ3) is 5.00. The van der Waals surface area contributed by atoms with Gasteiger partial charge in [-0.05, 0) is 30.7 Å². The number of nitrogens with one attached hydrogen (secondary N) is 1. The highest BCUT2D eigenvalue weighted by atomic mass is 32.2. The number of hydrogen-bond acceptors (Lipinski definition) is 6. The number of anilines is 1. The number of hydrogen-bond donors (Lipinski definition) is 1. The van der Waals surface area contributed by atoms with Gasteiger partial charge in [0.25, 0.3) is 5.91 Å². The molecule has 4 rings (SSSR count). The predicted molar refractivity (Wildman–Crippen MR) is 123 cm³/mol. The Bertz CT molecular complexity index is 1250. The SMILES string of the molecule is O=C(NCCCS(=O)(=O)N1CCN(c2ccccc2)CC1)c1cc(=O)c2ccccc2o1. The van der Waals surface area contributed by atoms with Crippen molar-refractivity contribution in [1.29, 1.82) is 0 Å². The van der Waals surface area contributed by atoms with Gasteiger partial charge < -0.3 is 14.6 Å². The van der Waals surface area contributed by atoms with Gasteiger partial charge in [-0.1, -0.05) is 30.3 Å². The van der Waals surface area contributed by atoms with E-state index >= 15 is 0 Å². The van der Waals surface area contributed by atoms with Gasteiger partial charge in [0, 0.05) is 44.5 Å². The van der Waals surface area contributed by atoms with Gasteiger partial charge in [0.1, 0.15) is 5.58 Å². The first-order valence-electron chi connectivity index (χ1n) is 10.5. The van der Waals surface area contributed by atoms with Crippen molar-refractivity contribution in [1.82, 2.24) is 9.62 Å². The summed E-state index contributed by atoms with van der Waals surface area (Å²) in [6.45, 7) is 2.32. The number of rotatable bonds is 7. The van der Waals surface area contributed by atoms with Crippen LogP contribution in [0.2, 0.25) is 0 Å². The summed E-state index contributed by atoms with van der Waals surface area (Å²) in [5, 5.41) is 3.04. The van der Waals surface area contributed by atoms with Crippen LogP contribution >= 0.6 is 0 Å². The third-order valence-corrected chi connectivity index (χ3v) is 7.43. The number of carbonyl (C=O) groups excluding carboxylic acids is 1. The lowest BCUT2D eigenvalue weighted by Gasteiger charge is -2.35. The summed E-state index contributed by atoms with van der Waals surface area (Å²) >= 11 is 0. The molecule has 9 heteroatoms. The van der Waals surface area contributed by atoms with Crippen molar-refractivity contribution in [3.05, 3.63) is 76.6 Å². The van der Waals surface area contributed by atoms with Gasteiger partial charge in [-0.2, -0.15) is 4.31 Å². The Morgan fingerprint density at radius 2 is 1.66 bits per heavy atom. The summed E-state index contributed by atoms with van der Waals surface area (Å²) in [7, 11) is -3.41. The lowest BCUT2D eigenvalue weighted by Crippen LogP contribution is -2.49. The predicted octanol–water partition coefficient (Wildman–Crippen LogP) is 2.06. The molecular weight excluding hydrogens is 430 g/mol. The van der Waals surface area contributed by atoms with Crippen molar-refractivity contribution in [2.75, 3.05) is 43.4 Å². The highest BCUT2D eigenvalue weighted by molar-refractivity contribution is 7.89. The fourth-order valence-electron chi connectivity index (χ4n) is 3.75. The van der Waals surface area contributed by atoms with Crippen LogP contribution in [0.15, 0.2) is 69.9 Å². The van der Waals surface area contributed by atoms with Crippen molar-refractivity contribution >= 4 is 32.6 Å². The normalized spacial score (nSPS) is 15.1. The fraction of sp³-hybridized carbons (Fsp3) is 0.304. The first-order valence-corrected chi connectivity index (χ1v) is 12.1. The fourth-order valence-corrected chi connectivity index (χ4v) is 5.24. The number of para-hydroxylation sites is 2. The Labute approximate surface area is 186 Å². The van der Waals surface area contributed by atoms with Gasteiger partial charge in [0.2, 0.25) is 10.0 Å². The van der Waals surface area contributed by atoms with Gasteiger partial charge in [-0.25, -0.2) is 8.42 Å². The molecule has 3 aromatic rings. The van der Waals surface area contributed by atoms with Crippen molar-refractivity contribution in [2.24, 2.45) is 0 Å². The third-order valence-electron chi connectivity index (χ3n) is 5.48. The minimum atomic E-state index is -3.41. The van der Waals surface area contributed by atoms with E-state index in [2.05, 4.69) is 10.2 Å². The molecule has 168 valence electrons. The summed E-state index contributed by atoms with van der Waals surface area (Å²) in [4.78, 5) is 26.6. The number of carbonyl (C=O) groups is 1. The highest BCUT2D eigenvalue weighted by Crippen LogP contribution is 2.17. The van der Waals surface area contributed by atoms with E-state index in [0.717, 1.165) is 11.8 Å². The summed E-state index contributed by atoms with van der Waals surface area (Å²) in [5.74, 6) is -0.685. The van der Waals surface area contributed by atoms with Crippen LogP contribution < -0.4 is 15.6 Å². The lowest BCUT2D eigenvalue weighted by atomic mass is 10.2. The number of piperazine rings is 1. The van der Waals surface area contributed by atoms with Gasteiger partial charge in [-0.15, -0.1) is 0 Å². The highest BCUT2D eigenvalue weighted by Gasteiger charge is 2.26. The minimum Gasteiger partial charge on any atom is -0.451 e. The molecule has 0 unspecified atom stereocenters. The molecule has 1 saturated heterocycles. The quantitative estimate of drug-likeness (QED) is 0.548. The summed E-state index contributed by atoms with van der Waals surface area (Å²) in [5.41, 5.74) is 1.13. The Balaban J connectivity index is 1.26. The minimum absolute atomic E-state index is 0.0553. The molecule has 0 bridgehead atoms. The monoisotopic (exact) mass is 455 g/mol. The maximum atomic E-state index is 12.7. The zero-order chi connectivity index (χ0) is 22.6. The molecule has 0 radical (unpaired) electrons. The smallest absolute Gasteiger partial charge is 0.287 e. The molecule has 0 atom stereocenters. The number of benzene rings is 2. The summed E-state index contributed by atoms with van der Waals surface area (Å²) in [6, 6.07) is 17.8. The van der Waals surface area contributed by atoms with E-state index in [-0.39, 0.29) is 29.9 Å². The number of fused-ring (bicyclic) bond motifs is 1. The van der Waals surface area contributed by atoms with E-state index in [1.807, 2.05) is 30.3 Å². The maximum absolute atomic E-state index is 12.7. The Kier molecular flexibility index (Phi) is 6.57. The zero-order valence-corrected chi connectivity index (χ0v) is 18.4. The lowest BCUT2D eigenvalue weighted by molar-refractivity contribution is 0.0926. The van der Waals surface area contributed by atoms with Crippen molar-refractivity contribution in [3.8, 4) is 0 Å².